The average Bonchev–Trinajstić information content (AvgIpc) is 3.03. The molecule has 0 saturated heterocycles. The zero-order chi connectivity index (χ0) is 16.9. The predicted molar refractivity (Wildman–Crippen MR) is 90.0 cm³/mol. The number of aliphatic hydroxyl groups excluding tert-OH is 1. The Bertz CT molecular complexity index is 508. The van der Waals surface area contributed by atoms with Gasteiger partial charge in [-0.1, -0.05) is 19.3 Å². The van der Waals surface area contributed by atoms with Crippen LogP contribution in [0.5, 0.6) is 0 Å². The van der Waals surface area contributed by atoms with E-state index in [1.807, 2.05) is 23.9 Å². The molecule has 1 aromatic rings. The highest BCUT2D eigenvalue weighted by Gasteiger charge is 2.35. The molecule has 0 spiro atoms. The summed E-state index contributed by atoms with van der Waals surface area (Å²) in [6, 6.07) is 1.97. The number of carbonyl (C=O) groups is 1. The van der Waals surface area contributed by atoms with Gasteiger partial charge in [0.1, 0.15) is 0 Å². The summed E-state index contributed by atoms with van der Waals surface area (Å²) in [6.07, 6.45) is 7.65. The molecule has 1 aromatic heterocycles. The Labute approximate surface area is 138 Å². The molecule has 1 saturated carbocycles. The number of aliphatic hydroxyl groups is 1. The van der Waals surface area contributed by atoms with E-state index in [9.17, 15) is 9.90 Å². The van der Waals surface area contributed by atoms with Gasteiger partial charge < -0.3 is 15.7 Å². The summed E-state index contributed by atoms with van der Waals surface area (Å²) in [5.74, 6) is 0.340. The molecule has 1 heterocycles. The van der Waals surface area contributed by atoms with Crippen molar-refractivity contribution in [2.24, 2.45) is 5.92 Å². The van der Waals surface area contributed by atoms with Gasteiger partial charge in [-0.25, -0.2) is 4.79 Å². The number of nitrogens with one attached hydrogen (secondary N) is 2. The third kappa shape index (κ3) is 4.70. The largest absolute Gasteiger partial charge is 0.394 e. The van der Waals surface area contributed by atoms with Crippen LogP contribution >= 0.6 is 0 Å². The molecule has 2 rings (SSSR count). The Balaban J connectivity index is 1.86. The average molecular weight is 322 g/mol. The van der Waals surface area contributed by atoms with Crippen LogP contribution in [0.25, 0.3) is 0 Å². The minimum atomic E-state index is -0.554. The highest BCUT2D eigenvalue weighted by atomic mass is 16.3. The SMILES string of the molecule is CC(C)n1ccc(CNC(=O)N[C@](C)(CO)C2CCCCC2)n1. The first-order valence-electron chi connectivity index (χ1n) is 8.65. The van der Waals surface area contributed by atoms with Gasteiger partial charge in [-0.2, -0.15) is 5.10 Å². The Morgan fingerprint density at radius 2 is 2.13 bits per heavy atom. The van der Waals surface area contributed by atoms with Crippen molar-refractivity contribution < 1.29 is 9.90 Å². The summed E-state index contributed by atoms with van der Waals surface area (Å²) < 4.78 is 1.87. The van der Waals surface area contributed by atoms with Crippen molar-refractivity contribution in [3.05, 3.63) is 18.0 Å². The predicted octanol–water partition coefficient (Wildman–Crippen LogP) is 2.59. The van der Waals surface area contributed by atoms with Crippen LogP contribution < -0.4 is 10.6 Å². The fourth-order valence-electron chi connectivity index (χ4n) is 3.24. The Kier molecular flexibility index (Phi) is 6.04. The van der Waals surface area contributed by atoms with Crippen LogP contribution in [0.3, 0.4) is 0 Å². The summed E-state index contributed by atoms with van der Waals surface area (Å²) >= 11 is 0. The van der Waals surface area contributed by atoms with Crippen LogP contribution in [0.4, 0.5) is 4.79 Å². The lowest BCUT2D eigenvalue weighted by atomic mass is 9.76. The fourth-order valence-corrected chi connectivity index (χ4v) is 3.24. The van der Waals surface area contributed by atoms with E-state index in [2.05, 4.69) is 29.6 Å². The van der Waals surface area contributed by atoms with E-state index < -0.39 is 5.54 Å². The summed E-state index contributed by atoms with van der Waals surface area (Å²) in [6.45, 7) is 6.42. The van der Waals surface area contributed by atoms with Crippen molar-refractivity contribution in [2.75, 3.05) is 6.61 Å². The zero-order valence-corrected chi connectivity index (χ0v) is 14.5. The second kappa shape index (κ2) is 7.81. The summed E-state index contributed by atoms with van der Waals surface area (Å²) in [5, 5.41) is 20.0. The van der Waals surface area contributed by atoms with Crippen LogP contribution in [-0.2, 0) is 6.54 Å². The lowest BCUT2D eigenvalue weighted by Gasteiger charge is -2.39. The quantitative estimate of drug-likeness (QED) is 0.753. The third-order valence-corrected chi connectivity index (χ3v) is 4.86. The molecule has 2 amide bonds. The summed E-state index contributed by atoms with van der Waals surface area (Å²) in [7, 11) is 0. The Morgan fingerprint density at radius 1 is 1.43 bits per heavy atom. The van der Waals surface area contributed by atoms with E-state index in [-0.39, 0.29) is 12.6 Å². The molecule has 1 aliphatic carbocycles. The highest BCUT2D eigenvalue weighted by Crippen LogP contribution is 2.32. The van der Waals surface area contributed by atoms with Gasteiger partial charge in [-0.15, -0.1) is 0 Å². The van der Waals surface area contributed by atoms with E-state index in [1.165, 1.54) is 19.3 Å². The van der Waals surface area contributed by atoms with Crippen molar-refractivity contribution in [1.82, 2.24) is 20.4 Å². The molecule has 130 valence electrons. The maximum atomic E-state index is 12.2. The summed E-state index contributed by atoms with van der Waals surface area (Å²) in [5.41, 5.74) is 0.277. The number of hydrogen-bond donors (Lipinski definition) is 3. The lowest BCUT2D eigenvalue weighted by molar-refractivity contribution is 0.101. The fraction of sp³-hybridized carbons (Fsp3) is 0.765. The molecule has 6 nitrogen and oxygen atoms in total. The van der Waals surface area contributed by atoms with Gasteiger partial charge in [0.2, 0.25) is 0 Å². The van der Waals surface area contributed by atoms with Crippen LogP contribution in [-0.4, -0.2) is 33.1 Å². The van der Waals surface area contributed by atoms with Crippen LogP contribution in [0.2, 0.25) is 0 Å². The van der Waals surface area contributed by atoms with Gasteiger partial charge >= 0.3 is 6.03 Å². The molecular formula is C17H30N4O2. The number of amides is 2. The Morgan fingerprint density at radius 3 is 2.70 bits per heavy atom. The standard InChI is InChI=1S/C17H30N4O2/c1-13(2)21-10-9-15(20-21)11-18-16(23)19-17(3,12-22)14-7-5-4-6-8-14/h9-10,13-14,22H,4-8,11-12H2,1-3H3,(H2,18,19,23)/t17-/m1/s1. The topological polar surface area (TPSA) is 79.2 Å². The molecule has 0 unspecified atom stereocenters. The van der Waals surface area contributed by atoms with Gasteiger partial charge in [0, 0.05) is 12.2 Å². The molecule has 6 heteroatoms. The smallest absolute Gasteiger partial charge is 0.315 e. The number of nitrogens with zero attached hydrogens (tertiary/aromatic N) is 2. The maximum Gasteiger partial charge on any atom is 0.315 e. The zero-order valence-electron chi connectivity index (χ0n) is 14.5. The molecule has 0 aromatic carbocycles. The number of aromatic nitrogens is 2. The highest BCUT2D eigenvalue weighted by molar-refractivity contribution is 5.74. The molecule has 0 aliphatic heterocycles. The first kappa shape index (κ1) is 17.8. The van der Waals surface area contributed by atoms with E-state index in [1.54, 1.807) is 0 Å². The summed E-state index contributed by atoms with van der Waals surface area (Å²) in [4.78, 5) is 12.2. The van der Waals surface area contributed by atoms with Crippen molar-refractivity contribution in [3.8, 4) is 0 Å². The van der Waals surface area contributed by atoms with Crippen molar-refractivity contribution in [1.29, 1.82) is 0 Å². The van der Waals surface area contributed by atoms with Crippen molar-refractivity contribution in [3.63, 3.8) is 0 Å². The first-order chi connectivity index (χ1) is 10.9. The molecule has 1 aliphatic rings. The van der Waals surface area contributed by atoms with Crippen LogP contribution in [0.1, 0.15) is 64.6 Å². The molecule has 1 fully saturated rings. The van der Waals surface area contributed by atoms with Gasteiger partial charge in [0.05, 0.1) is 24.4 Å². The van der Waals surface area contributed by atoms with E-state index in [0.29, 0.717) is 18.5 Å². The normalized spacial score (nSPS) is 18.7. The first-order valence-corrected chi connectivity index (χ1v) is 8.65. The van der Waals surface area contributed by atoms with Gasteiger partial charge in [-0.3, -0.25) is 4.68 Å². The molecule has 1 atom stereocenters. The second-order valence-corrected chi connectivity index (χ2v) is 7.10. The lowest BCUT2D eigenvalue weighted by Crippen LogP contribution is -2.57. The van der Waals surface area contributed by atoms with Gasteiger partial charge in [0.15, 0.2) is 0 Å². The van der Waals surface area contributed by atoms with Gasteiger partial charge in [-0.05, 0) is 45.6 Å². The number of urea groups is 1. The minimum Gasteiger partial charge on any atom is -0.394 e. The number of rotatable bonds is 6. The number of carbonyl (C=O) groups excluding carboxylic acids is 1. The molecular weight excluding hydrogens is 292 g/mol. The van der Waals surface area contributed by atoms with Gasteiger partial charge in [0.25, 0.3) is 0 Å². The minimum absolute atomic E-state index is 0.0347. The van der Waals surface area contributed by atoms with Crippen LogP contribution in [0.15, 0.2) is 12.3 Å². The molecule has 3 N–H and O–H groups in total. The van der Waals surface area contributed by atoms with E-state index >= 15 is 0 Å². The van der Waals surface area contributed by atoms with Crippen LogP contribution in [0, 0.1) is 5.92 Å². The number of hydrogen-bond acceptors (Lipinski definition) is 3. The molecule has 0 radical (unpaired) electrons. The third-order valence-electron chi connectivity index (χ3n) is 4.86. The molecule has 0 bridgehead atoms. The van der Waals surface area contributed by atoms with Crippen molar-refractivity contribution in [2.45, 2.75) is 71.0 Å². The van der Waals surface area contributed by atoms with Crippen molar-refractivity contribution >= 4 is 6.03 Å². The second-order valence-electron chi connectivity index (χ2n) is 7.10. The Hall–Kier alpha value is -1.56. The monoisotopic (exact) mass is 322 g/mol. The van der Waals surface area contributed by atoms with E-state index in [4.69, 9.17) is 0 Å². The molecule has 23 heavy (non-hydrogen) atoms. The van der Waals surface area contributed by atoms with E-state index in [0.717, 1.165) is 18.5 Å². The maximum absolute atomic E-state index is 12.2.